The van der Waals surface area contributed by atoms with Crippen molar-refractivity contribution < 1.29 is 28.8 Å². The summed E-state index contributed by atoms with van der Waals surface area (Å²) in [6, 6.07) is 7.69. The monoisotopic (exact) mass is 554 g/mol. The molecule has 10 nitrogen and oxygen atoms in total. The maximum atomic E-state index is 13.7. The van der Waals surface area contributed by atoms with Crippen molar-refractivity contribution in [1.82, 2.24) is 20.4 Å². The average Bonchev–Trinajstić information content (AvgIpc) is 3.63. The lowest BCUT2D eigenvalue weighted by atomic mass is 9.91. The van der Waals surface area contributed by atoms with Gasteiger partial charge in [0, 0.05) is 19.0 Å². The Balaban J connectivity index is 1.56. The summed E-state index contributed by atoms with van der Waals surface area (Å²) in [7, 11) is 1.29. The minimum absolute atomic E-state index is 0.0256. The van der Waals surface area contributed by atoms with Gasteiger partial charge in [0.05, 0.1) is 47.5 Å². The molecule has 1 aliphatic heterocycles. The first-order valence-electron chi connectivity index (χ1n) is 12.9. The molecule has 0 saturated carbocycles. The second-order valence-electron chi connectivity index (χ2n) is 10.2. The van der Waals surface area contributed by atoms with Crippen LogP contribution in [0.3, 0.4) is 0 Å². The van der Waals surface area contributed by atoms with Gasteiger partial charge in [-0.25, -0.2) is 4.98 Å². The molecule has 3 heterocycles. The van der Waals surface area contributed by atoms with Crippen LogP contribution in [-0.2, 0) is 19.1 Å². The maximum absolute atomic E-state index is 13.7. The van der Waals surface area contributed by atoms with Gasteiger partial charge in [-0.15, -0.1) is 11.3 Å². The highest BCUT2D eigenvalue weighted by molar-refractivity contribution is 7.13. The van der Waals surface area contributed by atoms with Crippen LogP contribution in [0.4, 0.5) is 0 Å². The zero-order chi connectivity index (χ0) is 28.3. The van der Waals surface area contributed by atoms with E-state index in [2.05, 4.69) is 15.5 Å². The number of aryl methyl sites for hydroxylation is 2. The van der Waals surface area contributed by atoms with E-state index in [1.54, 1.807) is 18.5 Å². The standard InChI is InChI=1S/C28H34N4O6S/c1-15(2)25(23-10-16(3)31-38-23)28(36)32-13-20(33)11-22(32)27(35)30-21(12-24(34)37-5)18-6-8-19(9-7-18)26-17(4)29-14-39-26/h6-10,14-15,20-22,25,33H,11-13H2,1-5H3,(H,30,35)/t20-,21+,22+,25?/m1/s1. The molecule has 2 N–H and O–H groups in total. The Morgan fingerprint density at radius 3 is 2.51 bits per heavy atom. The molecule has 1 aliphatic rings. The molecule has 2 aromatic heterocycles. The van der Waals surface area contributed by atoms with Crippen molar-refractivity contribution in [3.05, 3.63) is 58.6 Å². The smallest absolute Gasteiger partial charge is 0.307 e. The molecule has 0 spiro atoms. The number of hydrogen-bond acceptors (Lipinski definition) is 9. The largest absolute Gasteiger partial charge is 0.469 e. The van der Waals surface area contributed by atoms with Crippen molar-refractivity contribution in [3.8, 4) is 10.4 Å². The number of aromatic nitrogens is 2. The second-order valence-corrected chi connectivity index (χ2v) is 11.1. The number of benzene rings is 1. The highest BCUT2D eigenvalue weighted by Gasteiger charge is 2.43. The van der Waals surface area contributed by atoms with E-state index >= 15 is 0 Å². The van der Waals surface area contributed by atoms with Crippen molar-refractivity contribution in [2.45, 2.75) is 64.6 Å². The van der Waals surface area contributed by atoms with Crippen LogP contribution in [0.25, 0.3) is 10.4 Å². The molecule has 1 fully saturated rings. The number of nitrogens with one attached hydrogen (secondary N) is 1. The number of aliphatic hydroxyl groups excluding tert-OH is 1. The number of carbonyl (C=O) groups excluding carboxylic acids is 3. The lowest BCUT2D eigenvalue weighted by Crippen LogP contribution is -2.49. The van der Waals surface area contributed by atoms with Crippen LogP contribution in [0.1, 0.15) is 61.4 Å². The van der Waals surface area contributed by atoms with Crippen LogP contribution in [0.2, 0.25) is 0 Å². The summed E-state index contributed by atoms with van der Waals surface area (Å²) in [5.41, 5.74) is 5.07. The number of nitrogens with zero attached hydrogens (tertiary/aromatic N) is 3. The van der Waals surface area contributed by atoms with Gasteiger partial charge in [0.25, 0.3) is 0 Å². The summed E-state index contributed by atoms with van der Waals surface area (Å²) in [6.45, 7) is 7.53. The number of thiazole rings is 1. The number of aliphatic hydroxyl groups is 1. The maximum Gasteiger partial charge on any atom is 0.307 e. The summed E-state index contributed by atoms with van der Waals surface area (Å²) in [5, 5.41) is 17.3. The first-order valence-corrected chi connectivity index (χ1v) is 13.8. The molecule has 0 bridgehead atoms. The van der Waals surface area contributed by atoms with Crippen molar-refractivity contribution >= 4 is 29.1 Å². The predicted molar refractivity (Wildman–Crippen MR) is 145 cm³/mol. The number of rotatable bonds is 9. The number of esters is 1. The van der Waals surface area contributed by atoms with Crippen LogP contribution < -0.4 is 5.32 Å². The van der Waals surface area contributed by atoms with E-state index in [1.807, 2.05) is 45.0 Å². The number of ether oxygens (including phenoxy) is 1. The zero-order valence-corrected chi connectivity index (χ0v) is 23.5. The van der Waals surface area contributed by atoms with E-state index in [4.69, 9.17) is 9.26 Å². The van der Waals surface area contributed by atoms with Crippen molar-refractivity contribution in [2.75, 3.05) is 13.7 Å². The molecule has 3 aromatic rings. The SMILES string of the molecule is COC(=O)C[C@H](NC(=O)[C@@H]1C[C@@H](O)CN1C(=O)C(c1cc(C)no1)C(C)C)c1ccc(-c2scnc2C)cc1. The third-order valence-corrected chi connectivity index (χ3v) is 7.96. The summed E-state index contributed by atoms with van der Waals surface area (Å²) in [4.78, 5) is 46.3. The molecule has 4 atom stereocenters. The average molecular weight is 555 g/mol. The molecular weight excluding hydrogens is 520 g/mol. The van der Waals surface area contributed by atoms with Gasteiger partial charge in [0.2, 0.25) is 11.8 Å². The second kappa shape index (κ2) is 12.1. The highest BCUT2D eigenvalue weighted by atomic mass is 32.1. The Labute approximate surface area is 231 Å². The van der Waals surface area contributed by atoms with Crippen molar-refractivity contribution in [2.24, 2.45) is 5.92 Å². The van der Waals surface area contributed by atoms with Gasteiger partial charge in [-0.2, -0.15) is 0 Å². The third kappa shape index (κ3) is 6.36. The fourth-order valence-electron chi connectivity index (χ4n) is 4.97. The van der Waals surface area contributed by atoms with E-state index in [-0.39, 0.29) is 31.2 Å². The molecule has 39 heavy (non-hydrogen) atoms. The van der Waals surface area contributed by atoms with Crippen LogP contribution >= 0.6 is 11.3 Å². The van der Waals surface area contributed by atoms with E-state index < -0.39 is 36.0 Å². The van der Waals surface area contributed by atoms with Crippen LogP contribution in [0.15, 0.2) is 40.4 Å². The first-order chi connectivity index (χ1) is 18.6. The third-order valence-electron chi connectivity index (χ3n) is 6.99. The number of hydrogen-bond donors (Lipinski definition) is 2. The van der Waals surface area contributed by atoms with Crippen LogP contribution in [-0.4, -0.2) is 63.7 Å². The van der Waals surface area contributed by atoms with Gasteiger partial charge in [0.15, 0.2) is 0 Å². The molecule has 0 aliphatic carbocycles. The number of amides is 2. The Bertz CT molecular complexity index is 1320. The van der Waals surface area contributed by atoms with Crippen LogP contribution in [0, 0.1) is 19.8 Å². The molecule has 4 rings (SSSR count). The number of methoxy groups -OCH3 is 1. The number of carbonyl (C=O) groups is 3. The van der Waals surface area contributed by atoms with Gasteiger partial charge in [-0.3, -0.25) is 14.4 Å². The molecule has 0 radical (unpaired) electrons. The Morgan fingerprint density at radius 1 is 1.23 bits per heavy atom. The van der Waals surface area contributed by atoms with Gasteiger partial charge < -0.3 is 24.6 Å². The topological polar surface area (TPSA) is 135 Å². The molecule has 208 valence electrons. The molecule has 1 saturated heterocycles. The summed E-state index contributed by atoms with van der Waals surface area (Å²) >= 11 is 1.54. The van der Waals surface area contributed by atoms with Gasteiger partial charge in [-0.1, -0.05) is 43.3 Å². The highest BCUT2D eigenvalue weighted by Crippen LogP contribution is 2.32. The fourth-order valence-corrected chi connectivity index (χ4v) is 5.78. The molecular formula is C28H34N4O6S. The molecule has 1 unspecified atom stereocenters. The van der Waals surface area contributed by atoms with Crippen molar-refractivity contribution in [1.29, 1.82) is 0 Å². The van der Waals surface area contributed by atoms with Gasteiger partial charge in [-0.05, 0) is 30.9 Å². The summed E-state index contributed by atoms with van der Waals surface area (Å²) < 4.78 is 10.3. The van der Waals surface area contributed by atoms with E-state index in [9.17, 15) is 19.5 Å². The minimum Gasteiger partial charge on any atom is -0.469 e. The van der Waals surface area contributed by atoms with E-state index in [0.29, 0.717) is 17.0 Å². The Hall–Kier alpha value is -3.57. The fraction of sp³-hybridized carbons (Fsp3) is 0.464. The van der Waals surface area contributed by atoms with E-state index in [1.165, 1.54) is 23.3 Å². The first kappa shape index (κ1) is 28.4. The molecule has 1 aromatic carbocycles. The van der Waals surface area contributed by atoms with Crippen LogP contribution in [0.5, 0.6) is 0 Å². The quantitative estimate of drug-likeness (QED) is 0.384. The van der Waals surface area contributed by atoms with Crippen molar-refractivity contribution in [3.63, 3.8) is 0 Å². The van der Waals surface area contributed by atoms with E-state index in [0.717, 1.165) is 16.1 Å². The normalized spacial score (nSPS) is 18.7. The zero-order valence-electron chi connectivity index (χ0n) is 22.7. The van der Waals surface area contributed by atoms with Gasteiger partial charge in [0.1, 0.15) is 17.7 Å². The lowest BCUT2D eigenvalue weighted by Gasteiger charge is -2.30. The predicted octanol–water partition coefficient (Wildman–Crippen LogP) is 3.54. The number of likely N-dealkylation sites (tertiary alicyclic amines) is 1. The Morgan fingerprint density at radius 2 is 1.95 bits per heavy atom. The molecule has 11 heteroatoms. The Kier molecular flexibility index (Phi) is 8.81. The summed E-state index contributed by atoms with van der Waals surface area (Å²) in [6.07, 6.45) is -0.849. The molecule has 2 amide bonds. The number of β-amino-alcohol motifs (C(OH)–C–C–N with tert-alkyl or cyclic N) is 1. The summed E-state index contributed by atoms with van der Waals surface area (Å²) in [5.74, 6) is -1.60. The van der Waals surface area contributed by atoms with Gasteiger partial charge >= 0.3 is 5.97 Å². The minimum atomic E-state index is -0.906. The lowest BCUT2D eigenvalue weighted by molar-refractivity contribution is -0.143.